The first-order chi connectivity index (χ1) is 9.38. The van der Waals surface area contributed by atoms with Crippen LogP contribution in [0.5, 0.6) is 0 Å². The largest absolute Gasteiger partial charge is 0.311 e. The maximum atomic E-state index is 4.33. The fourth-order valence-corrected chi connectivity index (χ4v) is 5.16. The summed E-state index contributed by atoms with van der Waals surface area (Å²) in [4.78, 5) is 8.45. The van der Waals surface area contributed by atoms with Crippen LogP contribution in [0.4, 0.5) is 0 Å². The number of aromatic nitrogens is 2. The van der Waals surface area contributed by atoms with E-state index in [2.05, 4.69) is 15.3 Å². The molecule has 1 N–H and O–H groups in total. The highest BCUT2D eigenvalue weighted by atomic mass is 14.9. The molecule has 102 valence electrons. The second kappa shape index (κ2) is 4.86. The van der Waals surface area contributed by atoms with Crippen LogP contribution in [0, 0.1) is 29.6 Å². The third-order valence-corrected chi connectivity index (χ3v) is 5.72. The van der Waals surface area contributed by atoms with Crippen molar-refractivity contribution in [2.75, 3.05) is 6.54 Å². The molecule has 1 aromatic rings. The summed E-state index contributed by atoms with van der Waals surface area (Å²) in [7, 11) is 0. The van der Waals surface area contributed by atoms with Gasteiger partial charge in [0.2, 0.25) is 0 Å². The van der Waals surface area contributed by atoms with Crippen LogP contribution in [0.25, 0.3) is 0 Å². The van der Waals surface area contributed by atoms with Crippen LogP contribution in [0.3, 0.4) is 0 Å². The Bertz CT molecular complexity index is 403. The summed E-state index contributed by atoms with van der Waals surface area (Å²) < 4.78 is 0. The zero-order valence-electron chi connectivity index (χ0n) is 11.5. The summed E-state index contributed by atoms with van der Waals surface area (Å²) in [6.45, 7) is 2.06. The highest BCUT2D eigenvalue weighted by Gasteiger charge is 2.47. The molecule has 19 heavy (non-hydrogen) atoms. The van der Waals surface area contributed by atoms with Crippen molar-refractivity contribution in [3.63, 3.8) is 0 Å². The number of rotatable bonds is 4. The van der Waals surface area contributed by atoms with E-state index in [4.69, 9.17) is 0 Å². The van der Waals surface area contributed by atoms with Crippen molar-refractivity contribution in [3.05, 3.63) is 24.3 Å². The van der Waals surface area contributed by atoms with E-state index in [0.717, 1.165) is 41.8 Å². The van der Waals surface area contributed by atoms with E-state index in [-0.39, 0.29) is 0 Å². The lowest BCUT2D eigenvalue weighted by Gasteiger charge is -2.54. The number of nitrogens with one attached hydrogen (secondary N) is 1. The molecular weight excluding hydrogens is 234 g/mol. The van der Waals surface area contributed by atoms with Gasteiger partial charge in [-0.05, 0) is 68.2 Å². The molecule has 0 unspecified atom stereocenters. The molecular formula is C16H23N3. The minimum atomic E-state index is 0.872. The lowest BCUT2D eigenvalue weighted by atomic mass is 9.52. The molecule has 4 fully saturated rings. The Kier molecular flexibility index (Phi) is 3.03. The lowest BCUT2D eigenvalue weighted by molar-refractivity contribution is -0.0355. The molecule has 4 aliphatic rings. The summed E-state index contributed by atoms with van der Waals surface area (Å²) in [5, 5.41) is 3.63. The molecule has 0 aromatic carbocycles. The molecule has 5 rings (SSSR count). The molecule has 4 aliphatic carbocycles. The maximum absolute atomic E-state index is 4.33. The van der Waals surface area contributed by atoms with E-state index < -0.39 is 0 Å². The minimum Gasteiger partial charge on any atom is -0.311 e. The molecule has 0 amide bonds. The van der Waals surface area contributed by atoms with Crippen LogP contribution in [-0.4, -0.2) is 16.5 Å². The Hall–Kier alpha value is -0.960. The van der Waals surface area contributed by atoms with Gasteiger partial charge in [0.25, 0.3) is 0 Å². The molecule has 0 saturated heterocycles. The SMILES string of the molecule is c1cnc(CNCC2C3CC4CC(C3)CC2C4)cn1. The Labute approximate surface area is 115 Å². The average molecular weight is 257 g/mol. The summed E-state index contributed by atoms with van der Waals surface area (Å²) >= 11 is 0. The first kappa shape index (κ1) is 11.8. The van der Waals surface area contributed by atoms with Crippen molar-refractivity contribution in [1.82, 2.24) is 15.3 Å². The van der Waals surface area contributed by atoms with Gasteiger partial charge >= 0.3 is 0 Å². The van der Waals surface area contributed by atoms with Gasteiger partial charge in [-0.25, -0.2) is 0 Å². The van der Waals surface area contributed by atoms with Gasteiger partial charge in [0.15, 0.2) is 0 Å². The Balaban J connectivity index is 1.34. The van der Waals surface area contributed by atoms with Crippen molar-refractivity contribution in [3.8, 4) is 0 Å². The van der Waals surface area contributed by atoms with Crippen LogP contribution in [0.2, 0.25) is 0 Å². The minimum absolute atomic E-state index is 0.872. The molecule has 4 saturated carbocycles. The van der Waals surface area contributed by atoms with E-state index in [0.29, 0.717) is 0 Å². The number of hydrogen-bond donors (Lipinski definition) is 1. The molecule has 0 aliphatic heterocycles. The van der Waals surface area contributed by atoms with Gasteiger partial charge < -0.3 is 5.32 Å². The molecule has 1 heterocycles. The average Bonchev–Trinajstić information content (AvgIpc) is 2.42. The third kappa shape index (κ3) is 2.29. The van der Waals surface area contributed by atoms with Crippen LogP contribution < -0.4 is 5.32 Å². The summed E-state index contributed by atoms with van der Waals surface area (Å²) in [6, 6.07) is 0. The van der Waals surface area contributed by atoms with E-state index in [1.54, 1.807) is 18.8 Å². The fourth-order valence-electron chi connectivity index (χ4n) is 5.16. The van der Waals surface area contributed by atoms with E-state index >= 15 is 0 Å². The standard InChI is InChI=1S/C16H23N3/c1-2-19-15(8-17-1)9-18-10-16-13-4-11-3-12(6-13)7-14(16)5-11/h1-2,8,11-14,16,18H,3-7,9-10H2. The summed E-state index contributed by atoms with van der Waals surface area (Å²) in [5.74, 6) is 5.14. The van der Waals surface area contributed by atoms with Crippen LogP contribution in [0.1, 0.15) is 37.8 Å². The van der Waals surface area contributed by atoms with E-state index in [1.165, 1.54) is 32.2 Å². The third-order valence-electron chi connectivity index (χ3n) is 5.72. The van der Waals surface area contributed by atoms with Gasteiger partial charge in [-0.15, -0.1) is 0 Å². The molecule has 3 nitrogen and oxygen atoms in total. The first-order valence-electron chi connectivity index (χ1n) is 7.84. The number of hydrogen-bond acceptors (Lipinski definition) is 3. The Morgan fingerprint density at radius 1 is 1.00 bits per heavy atom. The van der Waals surface area contributed by atoms with Crippen LogP contribution in [-0.2, 0) is 6.54 Å². The van der Waals surface area contributed by atoms with Gasteiger partial charge in [0, 0.05) is 25.1 Å². The first-order valence-corrected chi connectivity index (χ1v) is 7.84. The Morgan fingerprint density at radius 3 is 2.37 bits per heavy atom. The lowest BCUT2D eigenvalue weighted by Crippen LogP contribution is -2.48. The van der Waals surface area contributed by atoms with Crippen LogP contribution >= 0.6 is 0 Å². The number of nitrogens with zero attached hydrogens (tertiary/aromatic N) is 2. The topological polar surface area (TPSA) is 37.8 Å². The van der Waals surface area contributed by atoms with Gasteiger partial charge in [0.1, 0.15) is 0 Å². The molecule has 4 bridgehead atoms. The van der Waals surface area contributed by atoms with Crippen molar-refractivity contribution >= 4 is 0 Å². The van der Waals surface area contributed by atoms with Gasteiger partial charge in [-0.1, -0.05) is 0 Å². The molecule has 1 aromatic heterocycles. The van der Waals surface area contributed by atoms with Crippen molar-refractivity contribution in [1.29, 1.82) is 0 Å². The molecule has 3 heteroatoms. The fraction of sp³-hybridized carbons (Fsp3) is 0.750. The van der Waals surface area contributed by atoms with Gasteiger partial charge in [0.05, 0.1) is 5.69 Å². The smallest absolute Gasteiger partial charge is 0.0724 e. The summed E-state index contributed by atoms with van der Waals surface area (Å²) in [5.41, 5.74) is 1.06. The normalized spacial score (nSPS) is 39.7. The Morgan fingerprint density at radius 2 is 1.74 bits per heavy atom. The predicted octanol–water partition coefficient (Wildman–Crippen LogP) is 2.64. The highest BCUT2D eigenvalue weighted by molar-refractivity contribution is 4.99. The second-order valence-electron chi connectivity index (χ2n) is 6.92. The zero-order valence-corrected chi connectivity index (χ0v) is 11.5. The van der Waals surface area contributed by atoms with Crippen molar-refractivity contribution in [2.24, 2.45) is 29.6 Å². The van der Waals surface area contributed by atoms with Crippen molar-refractivity contribution in [2.45, 2.75) is 38.6 Å². The van der Waals surface area contributed by atoms with E-state index in [9.17, 15) is 0 Å². The van der Waals surface area contributed by atoms with Gasteiger partial charge in [-0.2, -0.15) is 0 Å². The second-order valence-corrected chi connectivity index (χ2v) is 6.92. The van der Waals surface area contributed by atoms with Crippen molar-refractivity contribution < 1.29 is 0 Å². The highest BCUT2D eigenvalue weighted by Crippen LogP contribution is 2.56. The monoisotopic (exact) mass is 257 g/mol. The predicted molar refractivity (Wildman–Crippen MR) is 74.3 cm³/mol. The van der Waals surface area contributed by atoms with E-state index in [1.807, 2.05) is 6.20 Å². The quantitative estimate of drug-likeness (QED) is 0.901. The zero-order chi connectivity index (χ0) is 12.7. The molecule has 0 spiro atoms. The van der Waals surface area contributed by atoms with Gasteiger partial charge in [-0.3, -0.25) is 9.97 Å². The summed E-state index contributed by atoms with van der Waals surface area (Å²) in [6.07, 6.45) is 13.0. The molecule has 0 atom stereocenters. The van der Waals surface area contributed by atoms with Crippen LogP contribution in [0.15, 0.2) is 18.6 Å². The maximum Gasteiger partial charge on any atom is 0.0724 e. The molecule has 0 radical (unpaired) electrons.